The van der Waals surface area contributed by atoms with E-state index in [0.29, 0.717) is 21.8 Å². The summed E-state index contributed by atoms with van der Waals surface area (Å²) in [6, 6.07) is 3.37. The van der Waals surface area contributed by atoms with Crippen LogP contribution in [-0.4, -0.2) is 12.0 Å². The molecule has 1 rings (SSSR count). The summed E-state index contributed by atoms with van der Waals surface area (Å²) in [5.74, 6) is 0.394. The van der Waals surface area contributed by atoms with Crippen LogP contribution < -0.4 is 10.6 Å². The maximum Gasteiger partial charge on any atom is 0.154 e. The summed E-state index contributed by atoms with van der Waals surface area (Å²) in [5, 5.41) is 0.659. The number of nitrogens with zero attached hydrogens (tertiary/aromatic N) is 2. The van der Waals surface area contributed by atoms with Gasteiger partial charge in [0.05, 0.1) is 11.5 Å². The molecule has 0 bridgehead atoms. The fraction of sp³-hybridized carbons (Fsp3) is 0.125. The van der Waals surface area contributed by atoms with Gasteiger partial charge in [-0.3, -0.25) is 0 Å². The molecule has 5 heteroatoms. The maximum absolute atomic E-state index is 5.83. The van der Waals surface area contributed by atoms with Crippen LogP contribution >= 0.6 is 23.2 Å². The lowest BCUT2D eigenvalue weighted by Gasteiger charge is -2.18. The number of hydrogen-bond acceptors (Lipinski definition) is 3. The summed E-state index contributed by atoms with van der Waals surface area (Å²) >= 11 is 11.5. The quantitative estimate of drug-likeness (QED) is 0.774. The van der Waals surface area contributed by atoms with Crippen molar-refractivity contribution in [3.05, 3.63) is 34.8 Å². The molecule has 3 nitrogen and oxygen atoms in total. The second kappa shape index (κ2) is 3.85. The van der Waals surface area contributed by atoms with Gasteiger partial charge in [0.2, 0.25) is 0 Å². The van der Waals surface area contributed by atoms with E-state index < -0.39 is 0 Å². The van der Waals surface area contributed by atoms with E-state index in [0.717, 1.165) is 0 Å². The first-order valence-electron chi connectivity index (χ1n) is 3.52. The number of rotatable bonds is 2. The van der Waals surface area contributed by atoms with E-state index in [-0.39, 0.29) is 0 Å². The summed E-state index contributed by atoms with van der Waals surface area (Å²) in [5.41, 5.74) is 6.17. The van der Waals surface area contributed by atoms with Gasteiger partial charge in [-0.15, -0.1) is 0 Å². The molecule has 1 aromatic rings. The molecule has 0 saturated heterocycles. The normalized spacial score (nSPS) is 9.77. The Balaban J connectivity index is 3.08. The SMILES string of the molecule is C=C(N)N(C)c1ccc(Cl)nc1Cl. The van der Waals surface area contributed by atoms with Gasteiger partial charge in [-0.25, -0.2) is 4.98 Å². The standard InChI is InChI=1S/C8H9Cl2N3/c1-5(11)13(2)6-3-4-7(9)12-8(6)10/h3-4H,1,11H2,2H3. The Morgan fingerprint density at radius 3 is 2.62 bits per heavy atom. The Morgan fingerprint density at radius 2 is 2.15 bits per heavy atom. The summed E-state index contributed by atoms with van der Waals surface area (Å²) < 4.78 is 0. The van der Waals surface area contributed by atoms with Gasteiger partial charge in [0.15, 0.2) is 5.15 Å². The van der Waals surface area contributed by atoms with Crippen LogP contribution in [0.4, 0.5) is 5.69 Å². The number of hydrogen-bond donors (Lipinski definition) is 1. The monoisotopic (exact) mass is 217 g/mol. The van der Waals surface area contributed by atoms with Gasteiger partial charge in [0, 0.05) is 7.05 Å². The van der Waals surface area contributed by atoms with Crippen LogP contribution in [0.25, 0.3) is 0 Å². The second-order valence-corrected chi connectivity index (χ2v) is 3.24. The van der Waals surface area contributed by atoms with Crippen LogP contribution in [0.2, 0.25) is 10.3 Å². The number of pyridine rings is 1. The third-order valence-electron chi connectivity index (χ3n) is 1.59. The Bertz CT molecular complexity index is 338. The molecule has 0 spiro atoms. The molecule has 2 N–H and O–H groups in total. The average molecular weight is 218 g/mol. The Hall–Kier alpha value is -0.930. The summed E-state index contributed by atoms with van der Waals surface area (Å²) in [7, 11) is 1.75. The van der Waals surface area contributed by atoms with Gasteiger partial charge < -0.3 is 10.6 Å². The van der Waals surface area contributed by atoms with Crippen molar-refractivity contribution in [1.29, 1.82) is 0 Å². The minimum absolute atomic E-state index is 0.307. The Morgan fingerprint density at radius 1 is 1.54 bits per heavy atom. The smallest absolute Gasteiger partial charge is 0.154 e. The first kappa shape index (κ1) is 10.2. The summed E-state index contributed by atoms with van der Waals surface area (Å²) in [6.45, 7) is 3.58. The van der Waals surface area contributed by atoms with Crippen molar-refractivity contribution in [3.63, 3.8) is 0 Å². The molecule has 0 aliphatic carbocycles. The van der Waals surface area contributed by atoms with Crippen molar-refractivity contribution in [2.45, 2.75) is 0 Å². The van der Waals surface area contributed by atoms with Crippen molar-refractivity contribution in [3.8, 4) is 0 Å². The fourth-order valence-corrected chi connectivity index (χ4v) is 1.28. The molecule has 1 heterocycles. The van der Waals surface area contributed by atoms with Gasteiger partial charge in [-0.2, -0.15) is 0 Å². The van der Waals surface area contributed by atoms with Crippen LogP contribution in [0.5, 0.6) is 0 Å². The molecule has 13 heavy (non-hydrogen) atoms. The molecule has 0 aliphatic rings. The molecule has 0 unspecified atom stereocenters. The average Bonchev–Trinajstić information content (AvgIpc) is 2.03. The van der Waals surface area contributed by atoms with E-state index in [1.807, 2.05) is 0 Å². The van der Waals surface area contributed by atoms with E-state index in [2.05, 4.69) is 11.6 Å². The summed E-state index contributed by atoms with van der Waals surface area (Å²) in [4.78, 5) is 5.50. The lowest BCUT2D eigenvalue weighted by Crippen LogP contribution is -2.22. The molecular formula is C8H9Cl2N3. The molecular weight excluding hydrogens is 209 g/mol. The van der Waals surface area contributed by atoms with Crippen LogP contribution in [-0.2, 0) is 0 Å². The van der Waals surface area contributed by atoms with E-state index in [1.165, 1.54) is 0 Å². The summed E-state index contributed by atoms with van der Waals surface area (Å²) in [6.07, 6.45) is 0. The zero-order valence-electron chi connectivity index (χ0n) is 7.09. The van der Waals surface area contributed by atoms with Crippen LogP contribution in [0.1, 0.15) is 0 Å². The fourth-order valence-electron chi connectivity index (χ4n) is 0.810. The molecule has 0 aliphatic heterocycles. The lowest BCUT2D eigenvalue weighted by atomic mass is 10.4. The first-order valence-corrected chi connectivity index (χ1v) is 4.28. The zero-order valence-corrected chi connectivity index (χ0v) is 8.60. The van der Waals surface area contributed by atoms with Crippen molar-refractivity contribution in [2.24, 2.45) is 5.73 Å². The highest BCUT2D eigenvalue weighted by Crippen LogP contribution is 2.25. The van der Waals surface area contributed by atoms with Crippen LogP contribution in [0.3, 0.4) is 0 Å². The molecule has 0 atom stereocenters. The van der Waals surface area contributed by atoms with Gasteiger partial charge in [-0.1, -0.05) is 29.8 Å². The van der Waals surface area contributed by atoms with E-state index in [4.69, 9.17) is 28.9 Å². The maximum atomic E-state index is 5.83. The Kier molecular flexibility index (Phi) is 3.01. The minimum atomic E-state index is 0.307. The molecule has 0 saturated carbocycles. The van der Waals surface area contributed by atoms with Crippen molar-refractivity contribution in [1.82, 2.24) is 4.98 Å². The predicted octanol–water partition coefficient (Wildman–Crippen LogP) is 2.25. The van der Waals surface area contributed by atoms with E-state index in [9.17, 15) is 0 Å². The molecule has 70 valence electrons. The number of halogens is 2. The van der Waals surface area contributed by atoms with Gasteiger partial charge in [-0.05, 0) is 12.1 Å². The minimum Gasteiger partial charge on any atom is -0.386 e. The van der Waals surface area contributed by atoms with Crippen molar-refractivity contribution < 1.29 is 0 Å². The second-order valence-electron chi connectivity index (χ2n) is 2.49. The number of anilines is 1. The first-order chi connectivity index (χ1) is 6.02. The van der Waals surface area contributed by atoms with Gasteiger partial charge in [0.25, 0.3) is 0 Å². The van der Waals surface area contributed by atoms with Gasteiger partial charge in [0.1, 0.15) is 5.15 Å². The highest BCUT2D eigenvalue weighted by Gasteiger charge is 2.07. The predicted molar refractivity (Wildman–Crippen MR) is 56.0 cm³/mol. The zero-order chi connectivity index (χ0) is 10.0. The number of nitrogens with two attached hydrogens (primary N) is 1. The van der Waals surface area contributed by atoms with Gasteiger partial charge >= 0.3 is 0 Å². The van der Waals surface area contributed by atoms with Crippen molar-refractivity contribution >= 4 is 28.9 Å². The van der Waals surface area contributed by atoms with E-state index >= 15 is 0 Å². The molecule has 0 radical (unpaired) electrons. The van der Waals surface area contributed by atoms with E-state index in [1.54, 1.807) is 24.1 Å². The Labute approximate surface area is 86.8 Å². The number of aromatic nitrogens is 1. The lowest BCUT2D eigenvalue weighted by molar-refractivity contribution is 1.06. The molecule has 1 aromatic heterocycles. The third kappa shape index (κ3) is 2.26. The van der Waals surface area contributed by atoms with Crippen LogP contribution in [0, 0.1) is 0 Å². The largest absolute Gasteiger partial charge is 0.386 e. The third-order valence-corrected chi connectivity index (χ3v) is 2.08. The molecule has 0 aromatic carbocycles. The highest BCUT2D eigenvalue weighted by molar-refractivity contribution is 6.34. The molecule has 0 amide bonds. The van der Waals surface area contributed by atoms with Crippen molar-refractivity contribution in [2.75, 3.05) is 11.9 Å². The molecule has 0 fully saturated rings. The topological polar surface area (TPSA) is 42.1 Å². The highest BCUT2D eigenvalue weighted by atomic mass is 35.5. The van der Waals surface area contributed by atoms with Crippen LogP contribution in [0.15, 0.2) is 24.5 Å².